The summed E-state index contributed by atoms with van der Waals surface area (Å²) in [5, 5.41) is 11.3. The highest BCUT2D eigenvalue weighted by Gasteiger charge is 2.27. The fourth-order valence-electron chi connectivity index (χ4n) is 1.73. The Bertz CT molecular complexity index is 669. The van der Waals surface area contributed by atoms with Gasteiger partial charge in [-0.1, -0.05) is 0 Å². The van der Waals surface area contributed by atoms with Gasteiger partial charge in [0.05, 0.1) is 23.7 Å². The van der Waals surface area contributed by atoms with E-state index in [9.17, 15) is 19.7 Å². The molecule has 9 heteroatoms. The minimum atomic E-state index is -0.876. The van der Waals surface area contributed by atoms with Gasteiger partial charge in [0.1, 0.15) is 5.69 Å². The predicted molar refractivity (Wildman–Crippen MR) is 85.5 cm³/mol. The molecular formula is C15H19N3O6. The number of rotatable bonds is 7. The Labute approximate surface area is 139 Å². The lowest BCUT2D eigenvalue weighted by atomic mass is 10.1. The molecule has 0 N–H and O–H groups in total. The van der Waals surface area contributed by atoms with Crippen molar-refractivity contribution in [1.29, 1.82) is 0 Å². The van der Waals surface area contributed by atoms with Gasteiger partial charge < -0.3 is 14.4 Å². The van der Waals surface area contributed by atoms with Crippen LogP contribution in [0.15, 0.2) is 12.3 Å². The van der Waals surface area contributed by atoms with E-state index >= 15 is 0 Å². The molecule has 1 aromatic heterocycles. The van der Waals surface area contributed by atoms with Crippen LogP contribution < -0.4 is 0 Å². The molecule has 1 heterocycles. The van der Waals surface area contributed by atoms with Gasteiger partial charge in [0.15, 0.2) is 5.69 Å². The van der Waals surface area contributed by atoms with Crippen molar-refractivity contribution in [3.8, 4) is 0 Å². The predicted octanol–water partition coefficient (Wildman–Crippen LogP) is 1.88. The van der Waals surface area contributed by atoms with E-state index in [0.29, 0.717) is 0 Å². The van der Waals surface area contributed by atoms with Crippen molar-refractivity contribution >= 4 is 23.7 Å². The third kappa shape index (κ3) is 4.77. The zero-order valence-electron chi connectivity index (χ0n) is 13.9. The molecule has 9 nitrogen and oxygen atoms in total. The standard InChI is InChI=1S/C15H19N3O6/c1-5-23-14(19)10-9-12(18(21)22)11(7-8-17(3)4)16-13(10)15(20)24-6-2/h7-9H,5-6H2,1-4H3. The lowest BCUT2D eigenvalue weighted by Crippen LogP contribution is -2.17. The number of hydrogen-bond donors (Lipinski definition) is 0. The molecule has 0 spiro atoms. The SMILES string of the molecule is CCOC(=O)c1cc([N+](=O)[O-])c(C=CN(C)C)nc1C(=O)OCC. The number of aromatic nitrogens is 1. The lowest BCUT2D eigenvalue weighted by Gasteiger charge is -2.09. The summed E-state index contributed by atoms with van der Waals surface area (Å²) in [5.41, 5.74) is -1.10. The van der Waals surface area contributed by atoms with Crippen molar-refractivity contribution in [3.63, 3.8) is 0 Å². The molecule has 0 aromatic carbocycles. The van der Waals surface area contributed by atoms with Gasteiger partial charge in [-0.25, -0.2) is 14.6 Å². The molecule has 0 saturated heterocycles. The molecule has 1 aromatic rings. The molecular weight excluding hydrogens is 318 g/mol. The first-order valence-electron chi connectivity index (χ1n) is 7.20. The smallest absolute Gasteiger partial charge is 0.357 e. The average Bonchev–Trinajstić information content (AvgIpc) is 2.52. The van der Waals surface area contributed by atoms with Crippen LogP contribution >= 0.6 is 0 Å². The molecule has 0 bridgehead atoms. The van der Waals surface area contributed by atoms with Crippen molar-refractivity contribution < 1.29 is 24.0 Å². The zero-order chi connectivity index (χ0) is 18.3. The quantitative estimate of drug-likeness (QED) is 0.421. The minimum Gasteiger partial charge on any atom is -0.462 e. The van der Waals surface area contributed by atoms with Gasteiger partial charge in [-0.2, -0.15) is 0 Å². The number of nitro groups is 1. The van der Waals surface area contributed by atoms with Gasteiger partial charge >= 0.3 is 11.9 Å². The topological polar surface area (TPSA) is 112 Å². The molecule has 0 fully saturated rings. The summed E-state index contributed by atoms with van der Waals surface area (Å²) in [6.07, 6.45) is 2.91. The minimum absolute atomic E-state index is 0.0528. The van der Waals surface area contributed by atoms with Gasteiger partial charge in [0.25, 0.3) is 5.69 Å². The first kappa shape index (κ1) is 19.1. The van der Waals surface area contributed by atoms with E-state index in [1.54, 1.807) is 32.8 Å². The maximum absolute atomic E-state index is 12.0. The molecule has 0 amide bonds. The molecule has 24 heavy (non-hydrogen) atoms. The monoisotopic (exact) mass is 337 g/mol. The molecule has 0 atom stereocenters. The highest BCUT2D eigenvalue weighted by molar-refractivity contribution is 6.02. The normalized spacial score (nSPS) is 10.5. The molecule has 1 rings (SSSR count). The number of nitrogens with zero attached hydrogens (tertiary/aromatic N) is 3. The second-order valence-electron chi connectivity index (χ2n) is 4.77. The average molecular weight is 337 g/mol. The van der Waals surface area contributed by atoms with Gasteiger partial charge in [-0.15, -0.1) is 0 Å². The summed E-state index contributed by atoms with van der Waals surface area (Å²) in [6, 6.07) is 0.979. The zero-order valence-corrected chi connectivity index (χ0v) is 13.9. The highest BCUT2D eigenvalue weighted by Crippen LogP contribution is 2.23. The third-order valence-electron chi connectivity index (χ3n) is 2.72. The van der Waals surface area contributed by atoms with E-state index in [0.717, 1.165) is 6.07 Å². The number of carbonyl (C=O) groups excluding carboxylic acids is 2. The van der Waals surface area contributed by atoms with Crippen molar-refractivity contribution in [1.82, 2.24) is 9.88 Å². The molecule has 0 radical (unpaired) electrons. The maximum Gasteiger partial charge on any atom is 0.357 e. The third-order valence-corrected chi connectivity index (χ3v) is 2.72. The van der Waals surface area contributed by atoms with E-state index in [4.69, 9.17) is 9.47 Å². The van der Waals surface area contributed by atoms with Crippen LogP contribution in [-0.2, 0) is 9.47 Å². The van der Waals surface area contributed by atoms with Crippen LogP contribution in [0.5, 0.6) is 0 Å². The second kappa shape index (κ2) is 8.61. The van der Waals surface area contributed by atoms with Gasteiger partial charge in [-0.05, 0) is 19.9 Å². The number of hydrogen-bond acceptors (Lipinski definition) is 8. The summed E-state index contributed by atoms with van der Waals surface area (Å²) in [6.45, 7) is 3.30. The summed E-state index contributed by atoms with van der Waals surface area (Å²) in [4.78, 5) is 40.2. The van der Waals surface area contributed by atoms with E-state index in [1.807, 2.05) is 0 Å². The number of pyridine rings is 1. The molecule has 0 aliphatic rings. The first-order chi connectivity index (χ1) is 11.3. The van der Waals surface area contributed by atoms with E-state index in [-0.39, 0.29) is 30.2 Å². The van der Waals surface area contributed by atoms with Crippen molar-refractivity contribution in [2.75, 3.05) is 27.3 Å². The maximum atomic E-state index is 12.0. The Morgan fingerprint density at radius 2 is 1.83 bits per heavy atom. The molecule has 0 saturated carbocycles. The van der Waals surface area contributed by atoms with Crippen LogP contribution in [0.2, 0.25) is 0 Å². The van der Waals surface area contributed by atoms with Gasteiger partial charge in [0.2, 0.25) is 0 Å². The number of carbonyl (C=O) groups is 2. The summed E-state index contributed by atoms with van der Waals surface area (Å²) >= 11 is 0. The van der Waals surface area contributed by atoms with Crippen molar-refractivity contribution in [3.05, 3.63) is 39.3 Å². The Kier molecular flexibility index (Phi) is 6.84. The molecule has 0 unspecified atom stereocenters. The molecule has 0 aliphatic heterocycles. The number of esters is 2. The Balaban J connectivity index is 3.56. The fourth-order valence-corrected chi connectivity index (χ4v) is 1.73. The highest BCUT2D eigenvalue weighted by atomic mass is 16.6. The van der Waals surface area contributed by atoms with Crippen molar-refractivity contribution in [2.24, 2.45) is 0 Å². The van der Waals surface area contributed by atoms with Gasteiger partial charge in [-0.3, -0.25) is 10.1 Å². The second-order valence-corrected chi connectivity index (χ2v) is 4.77. The summed E-state index contributed by atoms with van der Waals surface area (Å²) in [7, 11) is 3.45. The van der Waals surface area contributed by atoms with Crippen molar-refractivity contribution in [2.45, 2.75) is 13.8 Å². The van der Waals surface area contributed by atoms with Crippen LogP contribution in [0.3, 0.4) is 0 Å². The van der Waals surface area contributed by atoms with Crippen LogP contribution in [0.25, 0.3) is 6.08 Å². The van der Waals surface area contributed by atoms with E-state index in [2.05, 4.69) is 4.98 Å². The fraction of sp³-hybridized carbons (Fsp3) is 0.400. The molecule has 0 aliphatic carbocycles. The Hall–Kier alpha value is -2.97. The van der Waals surface area contributed by atoms with Gasteiger partial charge in [0, 0.05) is 26.4 Å². The summed E-state index contributed by atoms with van der Waals surface area (Å²) in [5.74, 6) is -1.73. The van der Waals surface area contributed by atoms with Crippen LogP contribution in [0.1, 0.15) is 40.4 Å². The van der Waals surface area contributed by atoms with Crippen LogP contribution in [0, 0.1) is 10.1 Å². The first-order valence-corrected chi connectivity index (χ1v) is 7.20. The van der Waals surface area contributed by atoms with Crippen LogP contribution in [0.4, 0.5) is 5.69 Å². The van der Waals surface area contributed by atoms with Crippen LogP contribution in [-0.4, -0.2) is 54.1 Å². The van der Waals surface area contributed by atoms with E-state index in [1.165, 1.54) is 12.3 Å². The Morgan fingerprint density at radius 3 is 2.33 bits per heavy atom. The Morgan fingerprint density at radius 1 is 1.25 bits per heavy atom. The number of ether oxygens (including phenoxy) is 2. The lowest BCUT2D eigenvalue weighted by molar-refractivity contribution is -0.385. The molecule has 130 valence electrons. The van der Waals surface area contributed by atoms with E-state index < -0.39 is 22.5 Å². The largest absolute Gasteiger partial charge is 0.462 e. The summed E-state index contributed by atoms with van der Waals surface area (Å²) < 4.78 is 9.70.